The number of benzene rings is 2. The summed E-state index contributed by atoms with van der Waals surface area (Å²) >= 11 is 0. The van der Waals surface area contributed by atoms with Gasteiger partial charge in [0.05, 0.1) is 0 Å². The Morgan fingerprint density at radius 3 is 0.963 bits per heavy atom. The molecular formula is C21H22F6. The van der Waals surface area contributed by atoms with E-state index in [0.717, 1.165) is 27.7 Å². The molecular weight excluding hydrogens is 366 g/mol. The summed E-state index contributed by atoms with van der Waals surface area (Å²) in [5, 5.41) is 0. The average molecular weight is 388 g/mol. The molecule has 0 nitrogen and oxygen atoms in total. The molecule has 0 saturated heterocycles. The first kappa shape index (κ1) is 21.3. The summed E-state index contributed by atoms with van der Waals surface area (Å²) in [4.78, 5) is 0. The van der Waals surface area contributed by atoms with Gasteiger partial charge in [0.2, 0.25) is 0 Å². The van der Waals surface area contributed by atoms with Gasteiger partial charge in [0.1, 0.15) is 0 Å². The van der Waals surface area contributed by atoms with Crippen molar-refractivity contribution in [1.82, 2.24) is 0 Å². The first-order valence-electron chi connectivity index (χ1n) is 8.46. The molecule has 0 aliphatic rings. The van der Waals surface area contributed by atoms with E-state index in [9.17, 15) is 26.3 Å². The third-order valence-corrected chi connectivity index (χ3v) is 5.72. The van der Waals surface area contributed by atoms with E-state index < -0.39 is 28.6 Å². The van der Waals surface area contributed by atoms with Gasteiger partial charge in [0.25, 0.3) is 0 Å². The van der Waals surface area contributed by atoms with E-state index in [2.05, 4.69) is 0 Å². The summed E-state index contributed by atoms with van der Waals surface area (Å²) in [6, 6.07) is 14.2. The van der Waals surface area contributed by atoms with Crippen molar-refractivity contribution < 1.29 is 26.3 Å². The maximum atomic E-state index is 14.5. The van der Waals surface area contributed by atoms with E-state index in [1.54, 1.807) is 12.1 Å². The molecule has 2 aromatic carbocycles. The summed E-state index contributed by atoms with van der Waals surface area (Å²) in [7, 11) is 0. The fourth-order valence-electron chi connectivity index (χ4n) is 4.50. The Bertz CT molecular complexity index is 687. The van der Waals surface area contributed by atoms with Crippen molar-refractivity contribution in [2.45, 2.75) is 50.9 Å². The molecule has 2 rings (SSSR count). The van der Waals surface area contributed by atoms with Crippen molar-refractivity contribution in [3.63, 3.8) is 0 Å². The van der Waals surface area contributed by atoms with Crippen molar-refractivity contribution in [1.29, 1.82) is 0 Å². The van der Waals surface area contributed by atoms with Crippen molar-refractivity contribution in [3.05, 3.63) is 71.8 Å². The highest BCUT2D eigenvalue weighted by Gasteiger charge is 2.82. The van der Waals surface area contributed by atoms with E-state index in [4.69, 9.17) is 0 Å². The Labute approximate surface area is 155 Å². The molecule has 0 N–H and O–H groups in total. The van der Waals surface area contributed by atoms with Crippen LogP contribution in [0, 0.1) is 5.41 Å². The van der Waals surface area contributed by atoms with Crippen molar-refractivity contribution in [2.75, 3.05) is 0 Å². The molecule has 0 aromatic heterocycles. The Balaban J connectivity index is 2.97. The van der Waals surface area contributed by atoms with Crippen LogP contribution in [-0.2, 0) is 10.8 Å². The summed E-state index contributed by atoms with van der Waals surface area (Å²) in [5.41, 5.74) is -8.65. The average Bonchev–Trinajstić information content (AvgIpc) is 2.53. The van der Waals surface area contributed by atoms with Gasteiger partial charge < -0.3 is 0 Å². The van der Waals surface area contributed by atoms with Crippen LogP contribution in [0.25, 0.3) is 0 Å². The fourth-order valence-corrected chi connectivity index (χ4v) is 4.50. The maximum absolute atomic E-state index is 14.5. The predicted molar refractivity (Wildman–Crippen MR) is 93.5 cm³/mol. The Morgan fingerprint density at radius 2 is 0.741 bits per heavy atom. The summed E-state index contributed by atoms with van der Waals surface area (Å²) in [6.45, 7) is 4.09. The van der Waals surface area contributed by atoms with Crippen LogP contribution in [0.2, 0.25) is 0 Å². The number of alkyl halides is 6. The SMILES string of the molecule is CC(C)(c1ccccc1)C(C(F)(F)F)(C(F)(F)F)C(C)(C)c1ccccc1. The predicted octanol–water partition coefficient (Wildman–Crippen LogP) is 7.05. The van der Waals surface area contributed by atoms with E-state index >= 15 is 0 Å². The molecule has 0 radical (unpaired) electrons. The molecule has 27 heavy (non-hydrogen) atoms. The van der Waals surface area contributed by atoms with E-state index in [1.807, 2.05) is 0 Å². The lowest BCUT2D eigenvalue weighted by molar-refractivity contribution is -0.382. The lowest BCUT2D eigenvalue weighted by atomic mass is 9.48. The Morgan fingerprint density at radius 1 is 0.481 bits per heavy atom. The van der Waals surface area contributed by atoms with Crippen LogP contribution < -0.4 is 0 Å². The minimum atomic E-state index is -5.55. The third kappa shape index (κ3) is 3.03. The van der Waals surface area contributed by atoms with Gasteiger partial charge in [-0.15, -0.1) is 0 Å². The number of rotatable bonds is 4. The molecule has 0 aliphatic carbocycles. The number of hydrogen-bond acceptors (Lipinski definition) is 0. The van der Waals surface area contributed by atoms with Crippen molar-refractivity contribution in [2.24, 2.45) is 5.41 Å². The Hall–Kier alpha value is -1.98. The highest BCUT2D eigenvalue weighted by atomic mass is 19.4. The summed E-state index contributed by atoms with van der Waals surface area (Å²) in [5.74, 6) is 0. The molecule has 0 saturated carbocycles. The summed E-state index contributed by atoms with van der Waals surface area (Å²) in [6.07, 6.45) is -11.1. The molecule has 6 heteroatoms. The van der Waals surface area contributed by atoms with Crippen LogP contribution in [0.15, 0.2) is 60.7 Å². The second-order valence-electron chi connectivity index (χ2n) is 7.73. The van der Waals surface area contributed by atoms with Crippen LogP contribution in [-0.4, -0.2) is 12.4 Å². The van der Waals surface area contributed by atoms with Gasteiger partial charge in [-0.1, -0.05) is 88.4 Å². The first-order valence-corrected chi connectivity index (χ1v) is 8.46. The maximum Gasteiger partial charge on any atom is 0.404 e. The van der Waals surface area contributed by atoms with Gasteiger partial charge in [0.15, 0.2) is 5.41 Å². The van der Waals surface area contributed by atoms with Crippen molar-refractivity contribution >= 4 is 0 Å². The molecule has 0 fully saturated rings. The quantitative estimate of drug-likeness (QED) is 0.492. The molecule has 0 bridgehead atoms. The monoisotopic (exact) mass is 388 g/mol. The van der Waals surface area contributed by atoms with Crippen LogP contribution in [0.5, 0.6) is 0 Å². The lowest BCUT2D eigenvalue weighted by Gasteiger charge is -2.57. The molecule has 0 amide bonds. The summed E-state index contributed by atoms with van der Waals surface area (Å²) < 4.78 is 87.1. The molecule has 0 aliphatic heterocycles. The van der Waals surface area contributed by atoms with E-state index in [0.29, 0.717) is 0 Å². The van der Waals surface area contributed by atoms with Crippen molar-refractivity contribution in [3.8, 4) is 0 Å². The second kappa shape index (κ2) is 6.57. The smallest absolute Gasteiger partial charge is 0.170 e. The largest absolute Gasteiger partial charge is 0.404 e. The minimum absolute atomic E-state index is 0.0244. The molecule has 2 aromatic rings. The van der Waals surface area contributed by atoms with Gasteiger partial charge in [0, 0.05) is 10.8 Å². The lowest BCUT2D eigenvalue weighted by Crippen LogP contribution is -2.69. The van der Waals surface area contributed by atoms with Gasteiger partial charge >= 0.3 is 12.4 Å². The third-order valence-electron chi connectivity index (χ3n) is 5.72. The molecule has 0 atom stereocenters. The molecule has 0 unspecified atom stereocenters. The second-order valence-corrected chi connectivity index (χ2v) is 7.73. The fraction of sp³-hybridized carbons (Fsp3) is 0.429. The van der Waals surface area contributed by atoms with Crippen LogP contribution in [0.1, 0.15) is 38.8 Å². The van der Waals surface area contributed by atoms with Crippen LogP contribution in [0.3, 0.4) is 0 Å². The minimum Gasteiger partial charge on any atom is -0.170 e. The van der Waals surface area contributed by atoms with Crippen LogP contribution >= 0.6 is 0 Å². The molecule has 0 spiro atoms. The van der Waals surface area contributed by atoms with Gasteiger partial charge in [-0.2, -0.15) is 26.3 Å². The normalized spacial score (nSPS) is 14.3. The van der Waals surface area contributed by atoms with Gasteiger partial charge in [-0.05, 0) is 11.1 Å². The van der Waals surface area contributed by atoms with Gasteiger partial charge in [-0.3, -0.25) is 0 Å². The zero-order chi connectivity index (χ0) is 20.7. The first-order chi connectivity index (χ1) is 12.2. The number of hydrogen-bond donors (Lipinski definition) is 0. The molecule has 0 heterocycles. The highest BCUT2D eigenvalue weighted by molar-refractivity contribution is 5.38. The zero-order valence-corrected chi connectivity index (χ0v) is 15.5. The van der Waals surface area contributed by atoms with Gasteiger partial charge in [-0.25, -0.2) is 0 Å². The Kier molecular flexibility index (Phi) is 5.19. The topological polar surface area (TPSA) is 0 Å². The standard InChI is InChI=1S/C21H22F6/c1-17(2,15-11-7-5-8-12-15)19(20(22,23)24,21(25,26)27)18(3,4)16-13-9-6-10-14-16/h5-14H,1-4H3. The molecule has 148 valence electrons. The zero-order valence-electron chi connectivity index (χ0n) is 15.5. The van der Waals surface area contributed by atoms with E-state index in [1.165, 1.54) is 48.5 Å². The van der Waals surface area contributed by atoms with Crippen LogP contribution in [0.4, 0.5) is 26.3 Å². The van der Waals surface area contributed by atoms with E-state index in [-0.39, 0.29) is 11.1 Å². The highest BCUT2D eigenvalue weighted by Crippen LogP contribution is 2.68. The number of halogens is 6.